The summed E-state index contributed by atoms with van der Waals surface area (Å²) in [5.41, 5.74) is 6.81. The van der Waals surface area contributed by atoms with E-state index in [-0.39, 0.29) is 0 Å². The molecule has 0 radical (unpaired) electrons. The van der Waals surface area contributed by atoms with Crippen LogP contribution in [0, 0.1) is 0 Å². The summed E-state index contributed by atoms with van der Waals surface area (Å²) in [7, 11) is 0. The Kier molecular flexibility index (Phi) is 3.32. The molecule has 1 aromatic rings. The molecule has 1 aliphatic rings. The molecule has 0 atom stereocenters. The van der Waals surface area contributed by atoms with Crippen molar-refractivity contribution in [3.8, 4) is 5.75 Å². The third kappa shape index (κ3) is 2.04. The van der Waals surface area contributed by atoms with Crippen LogP contribution >= 0.6 is 11.8 Å². The predicted octanol–water partition coefficient (Wildman–Crippen LogP) is 2.06. The fourth-order valence-corrected chi connectivity index (χ4v) is 2.67. The maximum Gasteiger partial charge on any atom is 0.123 e. The van der Waals surface area contributed by atoms with Gasteiger partial charge >= 0.3 is 0 Å². The van der Waals surface area contributed by atoms with Gasteiger partial charge in [0.05, 0.1) is 6.61 Å². The summed E-state index contributed by atoms with van der Waals surface area (Å²) >= 11 is 1.92. The van der Waals surface area contributed by atoms with Gasteiger partial charge in [0.25, 0.3) is 0 Å². The maximum atomic E-state index is 5.70. The molecule has 2 nitrogen and oxygen atoms in total. The number of thioether (sulfide) groups is 1. The van der Waals surface area contributed by atoms with Gasteiger partial charge in [-0.1, -0.05) is 6.07 Å². The number of hydrogen-bond acceptors (Lipinski definition) is 3. The zero-order valence-corrected chi connectivity index (χ0v) is 8.98. The van der Waals surface area contributed by atoms with Crippen molar-refractivity contribution >= 4 is 11.8 Å². The minimum Gasteiger partial charge on any atom is -0.493 e. The van der Waals surface area contributed by atoms with Gasteiger partial charge in [0, 0.05) is 16.2 Å². The first-order valence-electron chi connectivity index (χ1n) is 4.99. The Morgan fingerprint density at radius 3 is 3.21 bits per heavy atom. The molecule has 0 amide bonds. The van der Waals surface area contributed by atoms with E-state index in [0.29, 0.717) is 6.54 Å². The molecular formula is C11H15NOS. The minimum atomic E-state index is 0.698. The highest BCUT2D eigenvalue weighted by Crippen LogP contribution is 2.36. The van der Waals surface area contributed by atoms with E-state index in [9.17, 15) is 0 Å². The molecule has 0 saturated heterocycles. The largest absolute Gasteiger partial charge is 0.493 e. The normalized spacial score (nSPS) is 14.1. The van der Waals surface area contributed by atoms with E-state index in [1.807, 2.05) is 11.8 Å². The van der Waals surface area contributed by atoms with Crippen molar-refractivity contribution in [1.82, 2.24) is 0 Å². The van der Waals surface area contributed by atoms with Crippen LogP contribution < -0.4 is 10.5 Å². The molecule has 0 aromatic heterocycles. The standard InChI is InChI=1S/C11H15NOS/c12-6-2-7-13-10-3-1-4-11-9(10)5-8-14-11/h1,3-4H,2,5-8,12H2. The van der Waals surface area contributed by atoms with Crippen LogP contribution in [0.4, 0.5) is 0 Å². The number of benzene rings is 1. The van der Waals surface area contributed by atoms with Crippen molar-refractivity contribution < 1.29 is 4.74 Å². The van der Waals surface area contributed by atoms with Gasteiger partial charge in [-0.25, -0.2) is 0 Å². The maximum absolute atomic E-state index is 5.70. The number of nitrogens with two attached hydrogens (primary N) is 1. The van der Waals surface area contributed by atoms with Crippen LogP contribution in [0.25, 0.3) is 0 Å². The van der Waals surface area contributed by atoms with Crippen molar-refractivity contribution in [3.05, 3.63) is 23.8 Å². The molecule has 0 fully saturated rings. The molecular weight excluding hydrogens is 194 g/mol. The molecule has 2 N–H and O–H groups in total. The average molecular weight is 209 g/mol. The van der Waals surface area contributed by atoms with Crippen LogP contribution in [0.5, 0.6) is 5.75 Å². The second-order valence-corrected chi connectivity index (χ2v) is 4.46. The predicted molar refractivity (Wildman–Crippen MR) is 60.0 cm³/mol. The van der Waals surface area contributed by atoms with E-state index in [4.69, 9.17) is 10.5 Å². The molecule has 1 aromatic carbocycles. The first-order valence-corrected chi connectivity index (χ1v) is 5.98. The fraction of sp³-hybridized carbons (Fsp3) is 0.455. The van der Waals surface area contributed by atoms with Gasteiger partial charge in [-0.2, -0.15) is 0 Å². The molecule has 0 saturated carbocycles. The third-order valence-corrected chi connectivity index (χ3v) is 3.41. The number of ether oxygens (including phenoxy) is 1. The highest BCUT2D eigenvalue weighted by molar-refractivity contribution is 7.99. The SMILES string of the molecule is NCCCOc1cccc2c1CCS2. The Hall–Kier alpha value is -0.670. The topological polar surface area (TPSA) is 35.2 Å². The molecule has 1 heterocycles. The summed E-state index contributed by atoms with van der Waals surface area (Å²) in [5.74, 6) is 2.24. The lowest BCUT2D eigenvalue weighted by Gasteiger charge is -2.09. The Morgan fingerprint density at radius 1 is 1.43 bits per heavy atom. The van der Waals surface area contributed by atoms with Gasteiger partial charge in [-0.15, -0.1) is 11.8 Å². The molecule has 14 heavy (non-hydrogen) atoms. The lowest BCUT2D eigenvalue weighted by molar-refractivity contribution is 0.310. The van der Waals surface area contributed by atoms with E-state index >= 15 is 0 Å². The van der Waals surface area contributed by atoms with E-state index in [0.717, 1.165) is 25.2 Å². The summed E-state index contributed by atoms with van der Waals surface area (Å²) < 4.78 is 5.70. The van der Waals surface area contributed by atoms with Gasteiger partial charge in [-0.3, -0.25) is 0 Å². The summed E-state index contributed by atoms with van der Waals surface area (Å²) in [5, 5.41) is 0. The number of rotatable bonds is 4. The van der Waals surface area contributed by atoms with Crippen molar-refractivity contribution in [3.63, 3.8) is 0 Å². The Morgan fingerprint density at radius 2 is 2.36 bits per heavy atom. The second-order valence-electron chi connectivity index (χ2n) is 3.32. The second kappa shape index (κ2) is 4.71. The molecule has 0 unspecified atom stereocenters. The molecule has 0 aliphatic carbocycles. The van der Waals surface area contributed by atoms with Crippen LogP contribution in [0.15, 0.2) is 23.1 Å². The van der Waals surface area contributed by atoms with Crippen LogP contribution in [0.1, 0.15) is 12.0 Å². The summed E-state index contributed by atoms with van der Waals surface area (Å²) in [6.45, 7) is 1.43. The number of fused-ring (bicyclic) bond motifs is 1. The quantitative estimate of drug-likeness (QED) is 0.771. The van der Waals surface area contributed by atoms with Gasteiger partial charge in [0.1, 0.15) is 5.75 Å². The monoisotopic (exact) mass is 209 g/mol. The zero-order chi connectivity index (χ0) is 9.80. The zero-order valence-electron chi connectivity index (χ0n) is 8.16. The van der Waals surface area contributed by atoms with Gasteiger partial charge in [-0.05, 0) is 31.5 Å². The summed E-state index contributed by atoms with van der Waals surface area (Å²) in [6, 6.07) is 6.29. The van der Waals surface area contributed by atoms with Crippen molar-refractivity contribution in [2.75, 3.05) is 18.9 Å². The minimum absolute atomic E-state index is 0.698. The molecule has 0 spiro atoms. The Balaban J connectivity index is 2.06. The first kappa shape index (κ1) is 9.87. The first-order chi connectivity index (χ1) is 6.92. The van der Waals surface area contributed by atoms with Crippen molar-refractivity contribution in [1.29, 1.82) is 0 Å². The highest BCUT2D eigenvalue weighted by atomic mass is 32.2. The average Bonchev–Trinajstić information content (AvgIpc) is 2.67. The lowest BCUT2D eigenvalue weighted by atomic mass is 10.1. The van der Waals surface area contributed by atoms with Crippen molar-refractivity contribution in [2.24, 2.45) is 5.73 Å². The highest BCUT2D eigenvalue weighted by Gasteiger charge is 2.15. The van der Waals surface area contributed by atoms with Crippen molar-refractivity contribution in [2.45, 2.75) is 17.7 Å². The van der Waals surface area contributed by atoms with Crippen LogP contribution in [0.3, 0.4) is 0 Å². The smallest absolute Gasteiger partial charge is 0.123 e. The lowest BCUT2D eigenvalue weighted by Crippen LogP contribution is -2.07. The molecule has 2 rings (SSSR count). The third-order valence-electron chi connectivity index (χ3n) is 2.31. The molecule has 0 bridgehead atoms. The molecule has 76 valence electrons. The van der Waals surface area contributed by atoms with Crippen LogP contribution in [0.2, 0.25) is 0 Å². The van der Waals surface area contributed by atoms with Crippen LogP contribution in [-0.2, 0) is 6.42 Å². The molecule has 3 heteroatoms. The Labute approximate surface area is 88.8 Å². The fourth-order valence-electron chi connectivity index (χ4n) is 1.59. The van der Waals surface area contributed by atoms with Crippen LogP contribution in [-0.4, -0.2) is 18.9 Å². The van der Waals surface area contributed by atoms with E-state index in [1.165, 1.54) is 16.2 Å². The van der Waals surface area contributed by atoms with E-state index < -0.39 is 0 Å². The van der Waals surface area contributed by atoms with Gasteiger partial charge in [0.15, 0.2) is 0 Å². The summed E-state index contributed by atoms with van der Waals surface area (Å²) in [6.07, 6.45) is 2.07. The Bertz CT molecular complexity index is 314. The van der Waals surface area contributed by atoms with E-state index in [1.54, 1.807) is 0 Å². The number of hydrogen-bond donors (Lipinski definition) is 1. The van der Waals surface area contributed by atoms with E-state index in [2.05, 4.69) is 18.2 Å². The van der Waals surface area contributed by atoms with Gasteiger partial charge < -0.3 is 10.5 Å². The molecule has 1 aliphatic heterocycles. The van der Waals surface area contributed by atoms with Gasteiger partial charge in [0.2, 0.25) is 0 Å². The summed E-state index contributed by atoms with van der Waals surface area (Å²) in [4.78, 5) is 1.38.